The standard InChI is InChI=1S/C29H34N8O2/c1-20(23-13-7-8-14-24(23)31-2)32-15-17-36-27(38)25-26(34(3)29(36)39)33-28(35-16-9-12-22(30)19-35)37(25)18-21-10-5-4-6-11-21/h4-8,10-11,13-14,22H,2,9,12,15-19,30H2,1,3H3/b32-20-/t22-/m1/s1. The van der Waals surface area contributed by atoms with E-state index in [1.54, 1.807) is 7.05 Å². The normalized spacial score (nSPS) is 16.1. The molecule has 1 fully saturated rings. The van der Waals surface area contributed by atoms with Crippen molar-refractivity contribution in [3.05, 3.63) is 86.6 Å². The van der Waals surface area contributed by atoms with Gasteiger partial charge in [-0.3, -0.25) is 28.5 Å². The zero-order valence-corrected chi connectivity index (χ0v) is 22.5. The molecule has 1 saturated heterocycles. The Morgan fingerprint density at radius 1 is 1.10 bits per heavy atom. The van der Waals surface area contributed by atoms with Crippen LogP contribution in [0.25, 0.3) is 11.2 Å². The van der Waals surface area contributed by atoms with Gasteiger partial charge >= 0.3 is 5.69 Å². The maximum Gasteiger partial charge on any atom is 0.332 e. The second-order valence-electron chi connectivity index (χ2n) is 9.94. The van der Waals surface area contributed by atoms with Gasteiger partial charge in [0.15, 0.2) is 11.2 Å². The van der Waals surface area contributed by atoms with Gasteiger partial charge in [0.2, 0.25) is 5.95 Å². The third-order valence-corrected chi connectivity index (χ3v) is 7.27. The quantitative estimate of drug-likeness (QED) is 0.355. The van der Waals surface area contributed by atoms with Crippen LogP contribution in [0.15, 0.2) is 74.2 Å². The van der Waals surface area contributed by atoms with Gasteiger partial charge in [-0.1, -0.05) is 48.5 Å². The molecule has 4 aromatic rings. The van der Waals surface area contributed by atoms with Crippen LogP contribution in [0.2, 0.25) is 0 Å². The van der Waals surface area contributed by atoms with E-state index in [1.807, 2.05) is 66.1 Å². The predicted octanol–water partition coefficient (Wildman–Crippen LogP) is 2.71. The summed E-state index contributed by atoms with van der Waals surface area (Å²) in [6, 6.07) is 17.6. The van der Waals surface area contributed by atoms with E-state index in [1.165, 1.54) is 9.13 Å². The highest BCUT2D eigenvalue weighted by Gasteiger charge is 2.26. The van der Waals surface area contributed by atoms with Crippen LogP contribution in [0.5, 0.6) is 0 Å². The third-order valence-electron chi connectivity index (χ3n) is 7.27. The van der Waals surface area contributed by atoms with Crippen molar-refractivity contribution in [3.8, 4) is 0 Å². The third kappa shape index (κ3) is 5.20. The fourth-order valence-electron chi connectivity index (χ4n) is 5.23. The minimum atomic E-state index is -0.417. The van der Waals surface area contributed by atoms with Crippen LogP contribution in [0.3, 0.4) is 0 Å². The van der Waals surface area contributed by atoms with Crippen molar-refractivity contribution >= 4 is 35.2 Å². The molecule has 10 heteroatoms. The van der Waals surface area contributed by atoms with Crippen molar-refractivity contribution in [2.45, 2.75) is 38.9 Å². The van der Waals surface area contributed by atoms with E-state index in [4.69, 9.17) is 10.7 Å². The lowest BCUT2D eigenvalue weighted by Crippen LogP contribution is -2.44. The SMILES string of the molecule is C=Nc1ccccc1/C(C)=N\CCn1c(=O)c2c(nc(N3CCC[C@@H](N)C3)n2Cc2ccccc2)n(C)c1=O. The number of rotatable bonds is 8. The molecule has 2 aromatic carbocycles. The smallest absolute Gasteiger partial charge is 0.332 e. The molecule has 0 saturated carbocycles. The molecular formula is C29H34N8O2. The van der Waals surface area contributed by atoms with Crippen LogP contribution in [0, 0.1) is 0 Å². The molecule has 0 amide bonds. The molecule has 1 aliphatic rings. The van der Waals surface area contributed by atoms with Crippen molar-refractivity contribution in [2.24, 2.45) is 22.8 Å². The van der Waals surface area contributed by atoms with Crippen molar-refractivity contribution in [2.75, 3.05) is 24.5 Å². The van der Waals surface area contributed by atoms with Crippen molar-refractivity contribution in [1.82, 2.24) is 18.7 Å². The Bertz CT molecular complexity index is 1650. The molecule has 2 aromatic heterocycles. The van der Waals surface area contributed by atoms with Gasteiger partial charge < -0.3 is 10.6 Å². The van der Waals surface area contributed by atoms with E-state index in [0.29, 0.717) is 30.2 Å². The van der Waals surface area contributed by atoms with Crippen molar-refractivity contribution in [1.29, 1.82) is 0 Å². The molecule has 0 aliphatic carbocycles. The van der Waals surface area contributed by atoms with Crippen LogP contribution in [0.1, 0.15) is 30.9 Å². The fraction of sp³-hybridized carbons (Fsp3) is 0.345. The Kier molecular flexibility index (Phi) is 7.56. The molecule has 0 radical (unpaired) electrons. The first-order chi connectivity index (χ1) is 18.9. The summed E-state index contributed by atoms with van der Waals surface area (Å²) < 4.78 is 4.65. The predicted molar refractivity (Wildman–Crippen MR) is 157 cm³/mol. The number of nitrogens with zero attached hydrogens (tertiary/aromatic N) is 7. The zero-order valence-electron chi connectivity index (χ0n) is 22.5. The Balaban J connectivity index is 1.57. The second-order valence-corrected chi connectivity index (χ2v) is 9.94. The largest absolute Gasteiger partial charge is 0.341 e. The number of anilines is 1. The van der Waals surface area contributed by atoms with Crippen LogP contribution in [-0.4, -0.2) is 56.8 Å². The van der Waals surface area contributed by atoms with Gasteiger partial charge in [0, 0.05) is 37.5 Å². The number of aryl methyl sites for hydroxylation is 1. The van der Waals surface area contributed by atoms with E-state index in [-0.39, 0.29) is 24.7 Å². The Labute approximate surface area is 226 Å². The van der Waals surface area contributed by atoms with Crippen molar-refractivity contribution in [3.63, 3.8) is 0 Å². The lowest BCUT2D eigenvalue weighted by Gasteiger charge is -2.31. The van der Waals surface area contributed by atoms with Gasteiger partial charge in [0.05, 0.1) is 25.3 Å². The molecule has 2 N–H and O–H groups in total. The summed E-state index contributed by atoms with van der Waals surface area (Å²) >= 11 is 0. The van der Waals surface area contributed by atoms with E-state index >= 15 is 0 Å². The van der Waals surface area contributed by atoms with Gasteiger partial charge in [-0.25, -0.2) is 4.79 Å². The van der Waals surface area contributed by atoms with E-state index < -0.39 is 5.69 Å². The maximum absolute atomic E-state index is 13.9. The number of benzene rings is 2. The van der Waals surface area contributed by atoms with Crippen LogP contribution >= 0.6 is 0 Å². The molecule has 1 atom stereocenters. The topological polar surface area (TPSA) is 116 Å². The number of aliphatic imine (C=N–C) groups is 2. The summed E-state index contributed by atoms with van der Waals surface area (Å²) in [5.74, 6) is 0.663. The van der Waals surface area contributed by atoms with Gasteiger partial charge in [0.25, 0.3) is 5.56 Å². The summed E-state index contributed by atoms with van der Waals surface area (Å²) in [7, 11) is 1.66. The summed E-state index contributed by atoms with van der Waals surface area (Å²) in [6.07, 6.45) is 1.90. The highest BCUT2D eigenvalue weighted by Crippen LogP contribution is 2.24. The average Bonchev–Trinajstić information content (AvgIpc) is 3.33. The first-order valence-corrected chi connectivity index (χ1v) is 13.2. The number of fused-ring (bicyclic) bond motifs is 1. The maximum atomic E-state index is 13.9. The van der Waals surface area contributed by atoms with Crippen molar-refractivity contribution < 1.29 is 0 Å². The number of nitrogens with two attached hydrogens (primary N) is 1. The van der Waals surface area contributed by atoms with Gasteiger partial charge in [-0.2, -0.15) is 4.98 Å². The Morgan fingerprint density at radius 3 is 2.59 bits per heavy atom. The van der Waals surface area contributed by atoms with Gasteiger partial charge in [-0.15, -0.1) is 0 Å². The van der Waals surface area contributed by atoms with E-state index in [2.05, 4.69) is 21.6 Å². The second kappa shape index (κ2) is 11.2. The van der Waals surface area contributed by atoms with E-state index in [9.17, 15) is 9.59 Å². The lowest BCUT2D eigenvalue weighted by atomic mass is 10.1. The minimum absolute atomic E-state index is 0.0340. The first-order valence-electron chi connectivity index (χ1n) is 13.2. The number of para-hydroxylation sites is 1. The fourth-order valence-corrected chi connectivity index (χ4v) is 5.23. The van der Waals surface area contributed by atoms with Crippen LogP contribution in [-0.2, 0) is 20.1 Å². The molecule has 5 rings (SSSR count). The van der Waals surface area contributed by atoms with Crippen LogP contribution in [0.4, 0.5) is 11.6 Å². The number of imidazole rings is 1. The summed E-state index contributed by atoms with van der Waals surface area (Å²) in [6.45, 7) is 7.82. The molecular weight excluding hydrogens is 492 g/mol. The average molecular weight is 527 g/mol. The van der Waals surface area contributed by atoms with Gasteiger partial charge in [0.1, 0.15) is 0 Å². The Hall–Kier alpha value is -4.31. The minimum Gasteiger partial charge on any atom is -0.341 e. The first kappa shape index (κ1) is 26.3. The number of hydrogen-bond donors (Lipinski definition) is 1. The van der Waals surface area contributed by atoms with Crippen LogP contribution < -0.4 is 21.9 Å². The number of hydrogen-bond acceptors (Lipinski definition) is 7. The summed E-state index contributed by atoms with van der Waals surface area (Å²) in [4.78, 5) is 42.9. The molecule has 10 nitrogen and oxygen atoms in total. The monoisotopic (exact) mass is 526 g/mol. The zero-order chi connectivity index (χ0) is 27.5. The molecule has 0 spiro atoms. The highest BCUT2D eigenvalue weighted by molar-refractivity contribution is 6.03. The Morgan fingerprint density at radius 2 is 1.85 bits per heavy atom. The number of piperidine rings is 1. The molecule has 39 heavy (non-hydrogen) atoms. The molecule has 0 unspecified atom stereocenters. The molecule has 3 heterocycles. The van der Waals surface area contributed by atoms with Gasteiger partial charge in [-0.05, 0) is 38.1 Å². The van der Waals surface area contributed by atoms with E-state index in [0.717, 1.165) is 41.9 Å². The molecule has 1 aliphatic heterocycles. The number of aromatic nitrogens is 4. The highest BCUT2D eigenvalue weighted by atomic mass is 16.2. The lowest BCUT2D eigenvalue weighted by molar-refractivity contribution is 0.495. The molecule has 202 valence electrons. The summed E-state index contributed by atoms with van der Waals surface area (Å²) in [5, 5.41) is 0. The summed E-state index contributed by atoms with van der Waals surface area (Å²) in [5.41, 5.74) is 9.68. The molecule has 0 bridgehead atoms.